The van der Waals surface area contributed by atoms with Gasteiger partial charge in [0.05, 0.1) is 5.56 Å². The fourth-order valence-corrected chi connectivity index (χ4v) is 5.55. The third kappa shape index (κ3) is 5.08. The number of Topliss-reactive ketones (excluding diaryl/α,β-unsaturated/α-hetero) is 1. The van der Waals surface area contributed by atoms with Gasteiger partial charge in [-0.1, -0.05) is 12.1 Å². The molecule has 0 unspecified atom stereocenters. The standard InChI is InChI=1S/C29H34FN5O3/c1-18-16-35(19(2)15-34(18)17-21-4-7-23(30)8-5-21)28(37)26-20(3)32-25-9-6-22(14-24(25)26)27(36)29(38)33-12-10-31-11-13-33/h4-9,14,18-19,31-32H,10-13,15-17H2,1-3H3/t18-,19+/m0/s1. The van der Waals surface area contributed by atoms with Crippen molar-refractivity contribution in [1.29, 1.82) is 0 Å². The van der Waals surface area contributed by atoms with Gasteiger partial charge in [-0.25, -0.2) is 4.39 Å². The topological polar surface area (TPSA) is 88.8 Å². The molecule has 8 nitrogen and oxygen atoms in total. The highest BCUT2D eigenvalue weighted by Gasteiger charge is 2.34. The third-order valence-corrected chi connectivity index (χ3v) is 7.74. The maximum absolute atomic E-state index is 13.9. The first-order valence-corrected chi connectivity index (χ1v) is 13.2. The van der Waals surface area contributed by atoms with Crippen molar-refractivity contribution in [3.63, 3.8) is 0 Å². The van der Waals surface area contributed by atoms with Crippen LogP contribution in [-0.2, 0) is 11.3 Å². The minimum absolute atomic E-state index is 0.0393. The van der Waals surface area contributed by atoms with Crippen LogP contribution in [0.15, 0.2) is 42.5 Å². The summed E-state index contributed by atoms with van der Waals surface area (Å²) in [5.41, 5.74) is 3.35. The molecule has 3 aromatic rings. The number of ketones is 1. The Morgan fingerprint density at radius 3 is 2.39 bits per heavy atom. The first-order valence-electron chi connectivity index (χ1n) is 13.2. The lowest BCUT2D eigenvalue weighted by Gasteiger charge is -2.44. The summed E-state index contributed by atoms with van der Waals surface area (Å²) in [4.78, 5) is 48.8. The van der Waals surface area contributed by atoms with Gasteiger partial charge in [0, 0.05) is 80.1 Å². The maximum atomic E-state index is 13.9. The van der Waals surface area contributed by atoms with Crippen molar-refractivity contribution in [2.45, 2.75) is 39.4 Å². The molecule has 2 N–H and O–H groups in total. The Kier molecular flexibility index (Phi) is 7.32. The molecule has 1 aromatic heterocycles. The lowest BCUT2D eigenvalue weighted by molar-refractivity contribution is -0.127. The lowest BCUT2D eigenvalue weighted by Crippen LogP contribution is -2.57. The van der Waals surface area contributed by atoms with Gasteiger partial charge < -0.3 is 20.1 Å². The van der Waals surface area contributed by atoms with E-state index in [0.717, 1.165) is 16.8 Å². The average molecular weight is 520 g/mol. The predicted octanol–water partition coefficient (Wildman–Crippen LogP) is 2.96. The number of nitrogens with one attached hydrogen (secondary N) is 2. The van der Waals surface area contributed by atoms with Gasteiger partial charge in [0.15, 0.2) is 0 Å². The summed E-state index contributed by atoms with van der Waals surface area (Å²) >= 11 is 0. The monoisotopic (exact) mass is 519 g/mol. The number of nitrogens with zero attached hydrogens (tertiary/aromatic N) is 3. The normalized spacial score (nSPS) is 20.6. The quantitative estimate of drug-likeness (QED) is 0.400. The highest BCUT2D eigenvalue weighted by atomic mass is 19.1. The number of halogens is 1. The van der Waals surface area contributed by atoms with Crippen LogP contribution < -0.4 is 5.32 Å². The summed E-state index contributed by atoms with van der Waals surface area (Å²) in [7, 11) is 0. The Balaban J connectivity index is 1.36. The summed E-state index contributed by atoms with van der Waals surface area (Å²) < 4.78 is 13.3. The number of aryl methyl sites for hydroxylation is 1. The fraction of sp³-hybridized carbons (Fsp3) is 0.414. The zero-order chi connectivity index (χ0) is 27.0. The molecule has 3 heterocycles. The van der Waals surface area contributed by atoms with Crippen LogP contribution in [-0.4, -0.2) is 88.6 Å². The largest absolute Gasteiger partial charge is 0.358 e. The van der Waals surface area contributed by atoms with Gasteiger partial charge in [-0.3, -0.25) is 19.3 Å². The molecule has 2 atom stereocenters. The number of piperazine rings is 2. The van der Waals surface area contributed by atoms with Crippen LogP contribution in [0.3, 0.4) is 0 Å². The summed E-state index contributed by atoms with van der Waals surface area (Å²) in [6, 6.07) is 11.7. The average Bonchev–Trinajstić information content (AvgIpc) is 3.25. The lowest BCUT2D eigenvalue weighted by atomic mass is 10.0. The zero-order valence-electron chi connectivity index (χ0n) is 22.1. The van der Waals surface area contributed by atoms with E-state index in [-0.39, 0.29) is 23.8 Å². The Hall–Kier alpha value is -3.56. The number of carbonyl (C=O) groups is 3. The minimum atomic E-state index is -0.553. The van der Waals surface area contributed by atoms with Gasteiger partial charge in [0.2, 0.25) is 5.78 Å². The Labute approximate surface area is 221 Å². The van der Waals surface area contributed by atoms with Crippen LogP contribution in [0.25, 0.3) is 10.9 Å². The molecule has 2 fully saturated rings. The van der Waals surface area contributed by atoms with Crippen LogP contribution in [0.2, 0.25) is 0 Å². The molecule has 200 valence electrons. The number of aromatic nitrogens is 1. The van der Waals surface area contributed by atoms with Gasteiger partial charge >= 0.3 is 0 Å². The van der Waals surface area contributed by atoms with Crippen LogP contribution in [0, 0.1) is 12.7 Å². The summed E-state index contributed by atoms with van der Waals surface area (Å²) in [6.07, 6.45) is 0. The van der Waals surface area contributed by atoms with E-state index in [1.54, 1.807) is 35.2 Å². The van der Waals surface area contributed by atoms with Crippen molar-refractivity contribution < 1.29 is 18.8 Å². The van der Waals surface area contributed by atoms with E-state index in [2.05, 4.69) is 22.1 Å². The van der Waals surface area contributed by atoms with E-state index in [1.165, 1.54) is 12.1 Å². The molecule has 2 aromatic carbocycles. The van der Waals surface area contributed by atoms with Gasteiger partial charge in [-0.2, -0.15) is 0 Å². The van der Waals surface area contributed by atoms with Crippen LogP contribution >= 0.6 is 0 Å². The number of benzene rings is 2. The molecule has 9 heteroatoms. The molecule has 38 heavy (non-hydrogen) atoms. The van der Waals surface area contributed by atoms with Gasteiger partial charge in [0.1, 0.15) is 5.82 Å². The number of H-pyrrole nitrogens is 1. The molecule has 0 bridgehead atoms. The van der Waals surface area contributed by atoms with E-state index < -0.39 is 11.7 Å². The number of fused-ring (bicyclic) bond motifs is 1. The number of carbonyl (C=O) groups excluding carboxylic acids is 3. The first kappa shape index (κ1) is 26.1. The predicted molar refractivity (Wildman–Crippen MR) is 144 cm³/mol. The highest BCUT2D eigenvalue weighted by molar-refractivity contribution is 6.43. The van der Waals surface area contributed by atoms with Gasteiger partial charge in [-0.05, 0) is 56.7 Å². The second kappa shape index (κ2) is 10.7. The molecular formula is C29H34FN5O3. The Bertz CT molecular complexity index is 1360. The summed E-state index contributed by atoms with van der Waals surface area (Å²) in [5, 5.41) is 3.83. The summed E-state index contributed by atoms with van der Waals surface area (Å²) in [6.45, 7) is 10.3. The van der Waals surface area contributed by atoms with Crippen LogP contribution in [0.5, 0.6) is 0 Å². The van der Waals surface area contributed by atoms with E-state index in [0.29, 0.717) is 62.3 Å². The third-order valence-electron chi connectivity index (χ3n) is 7.74. The Morgan fingerprint density at radius 2 is 1.68 bits per heavy atom. The number of amides is 2. The maximum Gasteiger partial charge on any atom is 0.295 e. The van der Waals surface area contributed by atoms with Crippen molar-refractivity contribution in [3.8, 4) is 0 Å². The molecule has 0 radical (unpaired) electrons. The summed E-state index contributed by atoms with van der Waals surface area (Å²) in [5.74, 6) is -1.40. The molecular weight excluding hydrogens is 485 g/mol. The number of rotatable bonds is 5. The number of hydrogen-bond acceptors (Lipinski definition) is 5. The molecule has 2 aliphatic rings. The van der Waals surface area contributed by atoms with Gasteiger partial charge in [-0.15, -0.1) is 0 Å². The van der Waals surface area contributed by atoms with E-state index in [1.807, 2.05) is 18.7 Å². The molecule has 2 aliphatic heterocycles. The second-order valence-corrected chi connectivity index (χ2v) is 10.5. The van der Waals surface area contributed by atoms with E-state index in [9.17, 15) is 18.8 Å². The molecule has 0 saturated carbocycles. The number of hydrogen-bond donors (Lipinski definition) is 2. The fourth-order valence-electron chi connectivity index (χ4n) is 5.55. The molecule has 0 spiro atoms. The van der Waals surface area contributed by atoms with Crippen LogP contribution in [0.1, 0.15) is 45.8 Å². The SMILES string of the molecule is Cc1[nH]c2ccc(C(=O)C(=O)N3CCNCC3)cc2c1C(=O)N1C[C@H](C)N(Cc2ccc(F)cc2)C[C@H]1C. The van der Waals surface area contributed by atoms with Crippen molar-refractivity contribution >= 4 is 28.5 Å². The van der Waals surface area contributed by atoms with Crippen molar-refractivity contribution in [2.75, 3.05) is 39.3 Å². The van der Waals surface area contributed by atoms with Crippen molar-refractivity contribution in [2.24, 2.45) is 0 Å². The van der Waals surface area contributed by atoms with E-state index in [4.69, 9.17) is 0 Å². The Morgan fingerprint density at radius 1 is 0.974 bits per heavy atom. The second-order valence-electron chi connectivity index (χ2n) is 10.5. The van der Waals surface area contributed by atoms with Crippen molar-refractivity contribution in [1.82, 2.24) is 25.0 Å². The zero-order valence-corrected chi connectivity index (χ0v) is 22.1. The highest BCUT2D eigenvalue weighted by Crippen LogP contribution is 2.28. The molecule has 5 rings (SSSR count). The van der Waals surface area contributed by atoms with Crippen LogP contribution in [0.4, 0.5) is 4.39 Å². The molecule has 0 aliphatic carbocycles. The first-order chi connectivity index (χ1) is 18.2. The molecule has 2 amide bonds. The number of aromatic amines is 1. The minimum Gasteiger partial charge on any atom is -0.358 e. The smallest absolute Gasteiger partial charge is 0.295 e. The molecule has 2 saturated heterocycles. The van der Waals surface area contributed by atoms with Crippen molar-refractivity contribution in [3.05, 3.63) is 70.7 Å². The van der Waals surface area contributed by atoms with E-state index >= 15 is 0 Å². The van der Waals surface area contributed by atoms with Gasteiger partial charge in [0.25, 0.3) is 11.8 Å².